The van der Waals surface area contributed by atoms with Gasteiger partial charge in [-0.3, -0.25) is 0 Å². The number of rotatable bonds is 6. The molecule has 0 radical (unpaired) electrons. The van der Waals surface area contributed by atoms with Crippen LogP contribution in [0.25, 0.3) is 17.5 Å². The van der Waals surface area contributed by atoms with Crippen LogP contribution in [-0.2, 0) is 16.1 Å². The molecule has 138 valence electrons. The van der Waals surface area contributed by atoms with Gasteiger partial charge in [0.15, 0.2) is 6.61 Å². The molecule has 0 atom stereocenters. The Morgan fingerprint density at radius 1 is 1.26 bits per heavy atom. The Bertz CT molecular complexity index is 970. The lowest BCUT2D eigenvalue weighted by molar-refractivity contribution is -0.139. The van der Waals surface area contributed by atoms with E-state index in [9.17, 15) is 9.18 Å². The topological polar surface area (TPSA) is 74.5 Å². The van der Waals surface area contributed by atoms with Crippen molar-refractivity contribution < 1.29 is 23.2 Å². The van der Waals surface area contributed by atoms with E-state index in [-0.39, 0.29) is 17.5 Å². The fourth-order valence-electron chi connectivity index (χ4n) is 2.13. The van der Waals surface area contributed by atoms with E-state index in [0.717, 1.165) is 5.56 Å². The second kappa shape index (κ2) is 8.46. The van der Waals surface area contributed by atoms with Crippen LogP contribution in [0, 0.1) is 5.82 Å². The number of ether oxygens (including phenoxy) is 2. The third kappa shape index (κ3) is 4.92. The first-order chi connectivity index (χ1) is 13.0. The number of esters is 1. The van der Waals surface area contributed by atoms with Gasteiger partial charge in [0.05, 0.1) is 12.1 Å². The van der Waals surface area contributed by atoms with Crippen LogP contribution in [0.5, 0.6) is 5.75 Å². The van der Waals surface area contributed by atoms with Crippen molar-refractivity contribution in [1.29, 1.82) is 0 Å². The Kier molecular flexibility index (Phi) is 5.83. The van der Waals surface area contributed by atoms with Crippen molar-refractivity contribution in [2.75, 3.05) is 7.11 Å². The van der Waals surface area contributed by atoms with Gasteiger partial charge >= 0.3 is 5.97 Å². The van der Waals surface area contributed by atoms with Crippen LogP contribution in [0.2, 0.25) is 5.02 Å². The molecule has 0 spiro atoms. The minimum absolute atomic E-state index is 0.0255. The Balaban J connectivity index is 1.56. The molecular weight excluding hydrogens is 375 g/mol. The number of methoxy groups -OCH3 is 1. The standard InChI is InChI=1S/C19H14ClFN2O4/c1-25-14-6-4-13(5-7-14)19-22-17(27-23-19)11-26-18(24)9-3-12-2-8-16(21)15(20)10-12/h2-10H,11H2,1H3/b9-3+. The van der Waals surface area contributed by atoms with Crippen LogP contribution >= 0.6 is 11.6 Å². The summed E-state index contributed by atoms with van der Waals surface area (Å²) in [7, 11) is 1.58. The highest BCUT2D eigenvalue weighted by molar-refractivity contribution is 6.30. The zero-order chi connectivity index (χ0) is 19.2. The monoisotopic (exact) mass is 388 g/mol. The highest BCUT2D eigenvalue weighted by Crippen LogP contribution is 2.20. The van der Waals surface area contributed by atoms with Gasteiger partial charge in [0.2, 0.25) is 5.82 Å². The van der Waals surface area contributed by atoms with E-state index in [1.54, 1.807) is 31.4 Å². The largest absolute Gasteiger partial charge is 0.497 e. The summed E-state index contributed by atoms with van der Waals surface area (Å²) in [5.41, 5.74) is 1.31. The van der Waals surface area contributed by atoms with Gasteiger partial charge < -0.3 is 14.0 Å². The molecule has 6 nitrogen and oxygen atoms in total. The van der Waals surface area contributed by atoms with E-state index in [1.807, 2.05) is 0 Å². The summed E-state index contributed by atoms with van der Waals surface area (Å²) in [6, 6.07) is 11.2. The van der Waals surface area contributed by atoms with Crippen LogP contribution in [0.4, 0.5) is 4.39 Å². The van der Waals surface area contributed by atoms with Gasteiger partial charge in [0.25, 0.3) is 5.89 Å². The van der Waals surface area contributed by atoms with Gasteiger partial charge in [-0.25, -0.2) is 9.18 Å². The number of carbonyl (C=O) groups excluding carboxylic acids is 1. The molecule has 1 heterocycles. The van der Waals surface area contributed by atoms with Crippen LogP contribution in [-0.4, -0.2) is 23.2 Å². The Morgan fingerprint density at radius 3 is 2.74 bits per heavy atom. The quantitative estimate of drug-likeness (QED) is 0.463. The van der Waals surface area contributed by atoms with E-state index < -0.39 is 11.8 Å². The molecule has 27 heavy (non-hydrogen) atoms. The third-order valence-electron chi connectivity index (χ3n) is 3.51. The second-order valence-electron chi connectivity index (χ2n) is 5.35. The molecule has 0 bridgehead atoms. The van der Waals surface area contributed by atoms with Gasteiger partial charge in [-0.05, 0) is 48.0 Å². The van der Waals surface area contributed by atoms with Crippen molar-refractivity contribution in [1.82, 2.24) is 10.1 Å². The van der Waals surface area contributed by atoms with E-state index in [0.29, 0.717) is 17.1 Å². The minimum atomic E-state index is -0.611. The fourth-order valence-corrected chi connectivity index (χ4v) is 2.32. The number of nitrogens with zero attached hydrogens (tertiary/aromatic N) is 2. The number of benzene rings is 2. The van der Waals surface area contributed by atoms with Crippen molar-refractivity contribution in [3.8, 4) is 17.1 Å². The molecule has 0 aliphatic heterocycles. The van der Waals surface area contributed by atoms with Crippen LogP contribution in [0.3, 0.4) is 0 Å². The summed E-state index contributed by atoms with van der Waals surface area (Å²) < 4.78 is 28.3. The Hall–Kier alpha value is -3.19. The lowest BCUT2D eigenvalue weighted by atomic mass is 10.2. The van der Waals surface area contributed by atoms with Crippen molar-refractivity contribution in [3.05, 3.63) is 70.8 Å². The molecule has 0 saturated heterocycles. The van der Waals surface area contributed by atoms with Gasteiger partial charge in [0, 0.05) is 11.6 Å². The number of halogens is 2. The first kappa shape index (κ1) is 18.6. The van der Waals surface area contributed by atoms with Gasteiger partial charge in [-0.15, -0.1) is 0 Å². The predicted molar refractivity (Wildman–Crippen MR) is 96.5 cm³/mol. The molecule has 3 aromatic rings. The van der Waals surface area contributed by atoms with E-state index >= 15 is 0 Å². The highest BCUT2D eigenvalue weighted by atomic mass is 35.5. The molecule has 0 saturated carbocycles. The van der Waals surface area contributed by atoms with Gasteiger partial charge in [0.1, 0.15) is 11.6 Å². The molecule has 1 aromatic heterocycles. The van der Waals surface area contributed by atoms with Crippen LogP contribution < -0.4 is 4.74 Å². The molecule has 0 N–H and O–H groups in total. The molecule has 0 unspecified atom stereocenters. The van der Waals surface area contributed by atoms with Crippen molar-refractivity contribution in [3.63, 3.8) is 0 Å². The van der Waals surface area contributed by atoms with E-state index in [4.69, 9.17) is 25.6 Å². The first-order valence-corrected chi connectivity index (χ1v) is 8.20. The van der Waals surface area contributed by atoms with Crippen molar-refractivity contribution >= 4 is 23.6 Å². The molecule has 0 fully saturated rings. The molecule has 0 aliphatic rings. The second-order valence-corrected chi connectivity index (χ2v) is 5.76. The summed E-state index contributed by atoms with van der Waals surface area (Å²) in [5, 5.41) is 3.82. The van der Waals surface area contributed by atoms with Crippen molar-refractivity contribution in [2.24, 2.45) is 0 Å². The lowest BCUT2D eigenvalue weighted by Crippen LogP contribution is -2.01. The smallest absolute Gasteiger partial charge is 0.331 e. The maximum absolute atomic E-state index is 13.1. The summed E-state index contributed by atoms with van der Waals surface area (Å²) >= 11 is 5.68. The minimum Gasteiger partial charge on any atom is -0.497 e. The molecule has 0 aliphatic carbocycles. The molecular formula is C19H14ClFN2O4. The fraction of sp³-hybridized carbons (Fsp3) is 0.105. The highest BCUT2D eigenvalue weighted by Gasteiger charge is 2.10. The third-order valence-corrected chi connectivity index (χ3v) is 3.80. The summed E-state index contributed by atoms with van der Waals surface area (Å²) in [6.07, 6.45) is 2.66. The maximum Gasteiger partial charge on any atom is 0.331 e. The predicted octanol–water partition coefficient (Wildman–Crippen LogP) is 4.29. The Morgan fingerprint density at radius 2 is 2.04 bits per heavy atom. The lowest BCUT2D eigenvalue weighted by Gasteiger charge is -1.99. The number of aromatic nitrogens is 2. The van der Waals surface area contributed by atoms with E-state index in [1.165, 1.54) is 30.4 Å². The number of hydrogen-bond acceptors (Lipinski definition) is 6. The number of hydrogen-bond donors (Lipinski definition) is 0. The average Bonchev–Trinajstić information content (AvgIpc) is 3.16. The van der Waals surface area contributed by atoms with Gasteiger partial charge in [-0.1, -0.05) is 22.8 Å². The molecule has 2 aromatic carbocycles. The average molecular weight is 389 g/mol. The van der Waals surface area contributed by atoms with Crippen molar-refractivity contribution in [2.45, 2.75) is 6.61 Å². The van der Waals surface area contributed by atoms with E-state index in [2.05, 4.69) is 10.1 Å². The molecule has 0 amide bonds. The SMILES string of the molecule is COc1ccc(-c2noc(COC(=O)/C=C/c3ccc(F)c(Cl)c3)n2)cc1. The normalized spacial score (nSPS) is 10.9. The summed E-state index contributed by atoms with van der Waals surface area (Å²) in [5.74, 6) is 0.110. The maximum atomic E-state index is 13.1. The first-order valence-electron chi connectivity index (χ1n) is 7.82. The zero-order valence-corrected chi connectivity index (χ0v) is 14.9. The summed E-state index contributed by atoms with van der Waals surface area (Å²) in [6.45, 7) is -0.170. The number of carbonyl (C=O) groups is 1. The zero-order valence-electron chi connectivity index (χ0n) is 14.2. The van der Waals surface area contributed by atoms with Crippen LogP contribution in [0.1, 0.15) is 11.5 Å². The Labute approximate surface area is 159 Å². The van der Waals surface area contributed by atoms with Gasteiger partial charge in [-0.2, -0.15) is 4.98 Å². The summed E-state index contributed by atoms with van der Waals surface area (Å²) in [4.78, 5) is 15.9. The molecule has 3 rings (SSSR count). The molecule has 8 heteroatoms. The van der Waals surface area contributed by atoms with Crippen LogP contribution in [0.15, 0.2) is 53.1 Å².